The van der Waals surface area contributed by atoms with Gasteiger partial charge in [0.15, 0.2) is 5.96 Å². The largest absolute Gasteiger partial charge is 0.383 e. The molecule has 0 aromatic carbocycles. The lowest BCUT2D eigenvalue weighted by molar-refractivity contribution is 0.0766. The lowest BCUT2D eigenvalue weighted by Gasteiger charge is -2.23. The van der Waals surface area contributed by atoms with E-state index in [9.17, 15) is 0 Å². The Bertz CT molecular complexity index is 316. The topological polar surface area (TPSA) is 46.1 Å². The number of methoxy groups -OCH3 is 1. The van der Waals surface area contributed by atoms with Crippen LogP contribution < -0.4 is 5.32 Å². The molecule has 3 aliphatic rings. The smallest absolute Gasteiger partial charge is 0.193 e. The first kappa shape index (κ1) is 12.2. The van der Waals surface area contributed by atoms with Gasteiger partial charge in [-0.25, -0.2) is 0 Å². The second-order valence-electron chi connectivity index (χ2n) is 5.49. The van der Waals surface area contributed by atoms with Gasteiger partial charge in [0, 0.05) is 45.6 Å². The highest BCUT2D eigenvalue weighted by atomic mass is 16.5. The monoisotopic (exact) mass is 253 g/mol. The quantitative estimate of drug-likeness (QED) is 0.447. The molecule has 102 valence electrons. The van der Waals surface area contributed by atoms with E-state index in [2.05, 4.69) is 15.2 Å². The van der Waals surface area contributed by atoms with Crippen molar-refractivity contribution in [1.82, 2.24) is 10.2 Å². The molecule has 3 fully saturated rings. The van der Waals surface area contributed by atoms with Crippen LogP contribution in [-0.4, -0.2) is 63.5 Å². The maximum Gasteiger partial charge on any atom is 0.193 e. The van der Waals surface area contributed by atoms with E-state index in [4.69, 9.17) is 9.47 Å². The van der Waals surface area contributed by atoms with E-state index >= 15 is 0 Å². The van der Waals surface area contributed by atoms with Gasteiger partial charge in [-0.15, -0.1) is 0 Å². The molecule has 0 aliphatic carbocycles. The van der Waals surface area contributed by atoms with Crippen molar-refractivity contribution < 1.29 is 9.47 Å². The normalized spacial score (nSPS) is 38.3. The van der Waals surface area contributed by atoms with Crippen LogP contribution in [0.2, 0.25) is 0 Å². The highest BCUT2D eigenvalue weighted by Crippen LogP contribution is 2.47. The molecule has 3 heterocycles. The molecular formula is C13H23N3O2. The number of hydrogen-bond donors (Lipinski definition) is 1. The number of aliphatic imine (C=N–C) groups is 1. The van der Waals surface area contributed by atoms with Crippen LogP contribution >= 0.6 is 0 Å². The van der Waals surface area contributed by atoms with Crippen molar-refractivity contribution in [3.8, 4) is 0 Å². The van der Waals surface area contributed by atoms with Crippen molar-refractivity contribution in [3.63, 3.8) is 0 Å². The summed E-state index contributed by atoms with van der Waals surface area (Å²) in [5.41, 5.74) is 0. The number of likely N-dealkylation sites (tertiary alicyclic amines) is 1. The Morgan fingerprint density at radius 3 is 2.56 bits per heavy atom. The van der Waals surface area contributed by atoms with Gasteiger partial charge in [0.2, 0.25) is 0 Å². The van der Waals surface area contributed by atoms with Crippen LogP contribution in [-0.2, 0) is 9.47 Å². The molecular weight excluding hydrogens is 230 g/mol. The molecule has 5 heteroatoms. The van der Waals surface area contributed by atoms with Gasteiger partial charge in [-0.05, 0) is 12.8 Å². The molecule has 0 spiro atoms. The summed E-state index contributed by atoms with van der Waals surface area (Å²) in [6.45, 7) is 3.73. The van der Waals surface area contributed by atoms with Crippen molar-refractivity contribution in [2.45, 2.75) is 25.0 Å². The van der Waals surface area contributed by atoms with E-state index in [1.54, 1.807) is 7.11 Å². The molecule has 3 rings (SSSR count). The average molecular weight is 253 g/mol. The molecule has 0 saturated carbocycles. The van der Waals surface area contributed by atoms with Crippen molar-refractivity contribution in [1.29, 1.82) is 0 Å². The number of guanidine groups is 1. The van der Waals surface area contributed by atoms with Crippen molar-refractivity contribution in [2.75, 3.05) is 40.4 Å². The molecule has 0 aromatic rings. The number of rotatable bonds is 3. The molecule has 4 unspecified atom stereocenters. The number of nitrogens with one attached hydrogen (secondary N) is 1. The molecule has 3 saturated heterocycles. The van der Waals surface area contributed by atoms with Crippen LogP contribution in [0.4, 0.5) is 0 Å². The summed E-state index contributed by atoms with van der Waals surface area (Å²) >= 11 is 0. The molecule has 0 aromatic heterocycles. The minimum atomic E-state index is 0.516. The first-order valence-electron chi connectivity index (χ1n) is 6.93. The van der Waals surface area contributed by atoms with Gasteiger partial charge in [0.1, 0.15) is 0 Å². The first-order chi connectivity index (χ1) is 8.83. The van der Waals surface area contributed by atoms with Crippen molar-refractivity contribution in [3.05, 3.63) is 0 Å². The van der Waals surface area contributed by atoms with Gasteiger partial charge in [0.25, 0.3) is 0 Å². The first-order valence-corrected chi connectivity index (χ1v) is 6.93. The van der Waals surface area contributed by atoms with Gasteiger partial charge in [0.05, 0.1) is 18.8 Å². The Morgan fingerprint density at radius 2 is 2.00 bits per heavy atom. The standard InChI is InChI=1S/C13H23N3O2/c1-14-13(15-5-6-17-2)16-7-9-10(8-16)12-4-3-11(9)18-12/h9-12H,3-8H2,1-2H3,(H,14,15). The minimum Gasteiger partial charge on any atom is -0.383 e. The van der Waals surface area contributed by atoms with Crippen LogP contribution in [0, 0.1) is 11.8 Å². The van der Waals surface area contributed by atoms with Gasteiger partial charge in [-0.1, -0.05) is 0 Å². The number of nitrogens with zero attached hydrogens (tertiary/aromatic N) is 2. The summed E-state index contributed by atoms with van der Waals surface area (Å²) in [4.78, 5) is 6.76. The van der Waals surface area contributed by atoms with E-state index in [0.717, 1.165) is 37.4 Å². The Kier molecular flexibility index (Phi) is 3.43. The molecule has 2 bridgehead atoms. The van der Waals surface area contributed by atoms with Crippen LogP contribution in [0.25, 0.3) is 0 Å². The zero-order chi connectivity index (χ0) is 12.5. The van der Waals surface area contributed by atoms with Gasteiger partial charge >= 0.3 is 0 Å². The molecule has 3 aliphatic heterocycles. The Morgan fingerprint density at radius 1 is 1.33 bits per heavy atom. The summed E-state index contributed by atoms with van der Waals surface area (Å²) in [5.74, 6) is 2.47. The minimum absolute atomic E-state index is 0.516. The predicted molar refractivity (Wildman–Crippen MR) is 69.7 cm³/mol. The second kappa shape index (κ2) is 5.05. The molecule has 4 atom stereocenters. The fourth-order valence-electron chi connectivity index (χ4n) is 3.73. The maximum absolute atomic E-state index is 5.99. The third-order valence-electron chi connectivity index (χ3n) is 4.55. The third kappa shape index (κ3) is 1.99. The molecule has 18 heavy (non-hydrogen) atoms. The van der Waals surface area contributed by atoms with E-state index < -0.39 is 0 Å². The summed E-state index contributed by atoms with van der Waals surface area (Å²) in [5, 5.41) is 3.36. The highest BCUT2D eigenvalue weighted by Gasteiger charge is 2.53. The zero-order valence-corrected chi connectivity index (χ0v) is 11.3. The van der Waals surface area contributed by atoms with E-state index in [1.165, 1.54) is 12.8 Å². The second-order valence-corrected chi connectivity index (χ2v) is 5.49. The fourth-order valence-corrected chi connectivity index (χ4v) is 3.73. The third-order valence-corrected chi connectivity index (χ3v) is 4.55. The zero-order valence-electron chi connectivity index (χ0n) is 11.3. The summed E-state index contributed by atoms with van der Waals surface area (Å²) in [6.07, 6.45) is 3.55. The lowest BCUT2D eigenvalue weighted by Crippen LogP contribution is -2.42. The van der Waals surface area contributed by atoms with Crippen LogP contribution in [0.1, 0.15) is 12.8 Å². The number of fused-ring (bicyclic) bond motifs is 5. The maximum atomic E-state index is 5.99. The molecule has 0 radical (unpaired) electrons. The van der Waals surface area contributed by atoms with Crippen molar-refractivity contribution >= 4 is 5.96 Å². The highest BCUT2D eigenvalue weighted by molar-refractivity contribution is 5.80. The van der Waals surface area contributed by atoms with Crippen LogP contribution in [0.3, 0.4) is 0 Å². The van der Waals surface area contributed by atoms with Crippen molar-refractivity contribution in [2.24, 2.45) is 16.8 Å². The molecule has 0 amide bonds. The number of ether oxygens (including phenoxy) is 2. The van der Waals surface area contributed by atoms with E-state index in [0.29, 0.717) is 18.8 Å². The van der Waals surface area contributed by atoms with Gasteiger partial charge < -0.3 is 19.7 Å². The predicted octanol–water partition coefficient (Wildman–Crippen LogP) is 0.317. The molecule has 1 N–H and O–H groups in total. The number of hydrogen-bond acceptors (Lipinski definition) is 3. The van der Waals surface area contributed by atoms with Crippen LogP contribution in [0.15, 0.2) is 4.99 Å². The van der Waals surface area contributed by atoms with Crippen LogP contribution in [0.5, 0.6) is 0 Å². The lowest BCUT2D eigenvalue weighted by atomic mass is 9.82. The molecule has 5 nitrogen and oxygen atoms in total. The summed E-state index contributed by atoms with van der Waals surface area (Å²) in [6, 6.07) is 0. The van der Waals surface area contributed by atoms with Gasteiger partial charge in [-0.3, -0.25) is 4.99 Å². The summed E-state index contributed by atoms with van der Waals surface area (Å²) < 4.78 is 11.1. The summed E-state index contributed by atoms with van der Waals surface area (Å²) in [7, 11) is 3.58. The SMILES string of the molecule is CN=C(NCCOC)N1CC2C3CCC(O3)C2C1. The Balaban J connectivity index is 1.58. The van der Waals surface area contributed by atoms with E-state index in [-0.39, 0.29) is 0 Å². The Labute approximate surface area is 109 Å². The van der Waals surface area contributed by atoms with Gasteiger partial charge in [-0.2, -0.15) is 0 Å². The van der Waals surface area contributed by atoms with E-state index in [1.807, 2.05) is 7.05 Å². The average Bonchev–Trinajstić information content (AvgIpc) is 3.05. The fraction of sp³-hybridized carbons (Fsp3) is 0.923. The Hall–Kier alpha value is -0.810.